The first-order chi connectivity index (χ1) is 10.3. The zero-order chi connectivity index (χ0) is 15.7. The first kappa shape index (κ1) is 15.0. The van der Waals surface area contributed by atoms with E-state index in [1.54, 1.807) is 5.57 Å². The Morgan fingerprint density at radius 1 is 1.18 bits per heavy atom. The lowest BCUT2D eigenvalue weighted by Crippen LogP contribution is -2.53. The molecule has 4 aliphatic carbocycles. The second-order valence-corrected chi connectivity index (χ2v) is 9.32. The summed E-state index contributed by atoms with van der Waals surface area (Å²) in [6.07, 6.45) is 11.0. The van der Waals surface area contributed by atoms with Crippen molar-refractivity contribution in [2.24, 2.45) is 35.0 Å². The highest BCUT2D eigenvalue weighted by Gasteiger charge is 2.61. The normalized spacial score (nSPS) is 54.3. The Bertz CT molecular complexity index is 528. The lowest BCUT2D eigenvalue weighted by atomic mass is 9.48. The second kappa shape index (κ2) is 4.72. The van der Waals surface area contributed by atoms with Crippen LogP contribution in [0.15, 0.2) is 23.8 Å². The lowest BCUT2D eigenvalue weighted by Gasteiger charge is -2.57. The summed E-state index contributed by atoms with van der Waals surface area (Å²) in [6.45, 7) is 11.2. The van der Waals surface area contributed by atoms with E-state index in [0.29, 0.717) is 0 Å². The van der Waals surface area contributed by atoms with Crippen molar-refractivity contribution in [2.45, 2.75) is 71.3 Å². The maximum atomic E-state index is 11.0. The number of rotatable bonds is 0. The van der Waals surface area contributed by atoms with Crippen LogP contribution < -0.4 is 0 Å². The van der Waals surface area contributed by atoms with Crippen LogP contribution >= 0.6 is 0 Å². The van der Waals surface area contributed by atoms with Crippen LogP contribution in [0, 0.1) is 35.0 Å². The summed E-state index contributed by atoms with van der Waals surface area (Å²) in [4.78, 5) is 0. The molecule has 0 aromatic carbocycles. The molecule has 0 spiro atoms. The molecular weight excluding hydrogens is 268 g/mol. The largest absolute Gasteiger partial charge is 0.390 e. The molecule has 122 valence electrons. The number of allylic oxidation sites excluding steroid dienone is 3. The van der Waals surface area contributed by atoms with E-state index < -0.39 is 5.60 Å². The Labute approximate surface area is 135 Å². The number of fused-ring (bicyclic) bond motifs is 5. The van der Waals surface area contributed by atoms with E-state index in [1.807, 2.05) is 0 Å². The maximum absolute atomic E-state index is 11.0. The van der Waals surface area contributed by atoms with Gasteiger partial charge in [0.2, 0.25) is 0 Å². The summed E-state index contributed by atoms with van der Waals surface area (Å²) in [5.74, 6) is 4.04. The molecule has 0 aliphatic heterocycles. The van der Waals surface area contributed by atoms with Crippen LogP contribution in [-0.2, 0) is 0 Å². The Balaban J connectivity index is 1.69. The molecule has 7 atom stereocenters. The van der Waals surface area contributed by atoms with Gasteiger partial charge in [0.25, 0.3) is 0 Å². The molecule has 0 heterocycles. The van der Waals surface area contributed by atoms with Gasteiger partial charge in [0.1, 0.15) is 0 Å². The summed E-state index contributed by atoms with van der Waals surface area (Å²) in [7, 11) is 0. The summed E-state index contributed by atoms with van der Waals surface area (Å²) in [6, 6.07) is 0. The number of aliphatic hydroxyl groups is 1. The Hall–Kier alpha value is -0.560. The van der Waals surface area contributed by atoms with Gasteiger partial charge in [-0.25, -0.2) is 0 Å². The molecule has 4 rings (SSSR count). The molecule has 0 amide bonds. The molecule has 0 aromatic heterocycles. The van der Waals surface area contributed by atoms with Crippen LogP contribution in [0.4, 0.5) is 0 Å². The van der Waals surface area contributed by atoms with Crippen LogP contribution in [0.2, 0.25) is 0 Å². The smallest absolute Gasteiger partial charge is 0.0675 e. The highest BCUT2D eigenvalue weighted by Crippen LogP contribution is 2.65. The van der Waals surface area contributed by atoms with Crippen molar-refractivity contribution in [2.75, 3.05) is 0 Å². The van der Waals surface area contributed by atoms with Gasteiger partial charge in [0, 0.05) is 0 Å². The van der Waals surface area contributed by atoms with E-state index >= 15 is 0 Å². The van der Waals surface area contributed by atoms with Crippen molar-refractivity contribution in [3.05, 3.63) is 23.8 Å². The maximum Gasteiger partial charge on any atom is 0.0675 e. The average molecular weight is 300 g/mol. The van der Waals surface area contributed by atoms with Gasteiger partial charge < -0.3 is 5.11 Å². The third-order valence-corrected chi connectivity index (χ3v) is 8.32. The molecule has 1 N–H and O–H groups in total. The zero-order valence-corrected chi connectivity index (χ0v) is 14.6. The SMILES string of the molecule is C=C1C=C2C[C@@H](C)[C@@H]3[C@H](CC[C@@]4(C)[C@H]3CC[C@]4(C)O)[C@H]2CC1. The molecular formula is C21H32O. The minimum Gasteiger partial charge on any atom is -0.390 e. The molecule has 4 aliphatic rings. The Kier molecular flexibility index (Phi) is 3.22. The van der Waals surface area contributed by atoms with Gasteiger partial charge in [-0.1, -0.05) is 37.6 Å². The summed E-state index contributed by atoms with van der Waals surface area (Å²) < 4.78 is 0. The van der Waals surface area contributed by atoms with Crippen molar-refractivity contribution in [3.63, 3.8) is 0 Å². The van der Waals surface area contributed by atoms with Crippen LogP contribution in [0.1, 0.15) is 65.7 Å². The third kappa shape index (κ3) is 1.87. The summed E-state index contributed by atoms with van der Waals surface area (Å²) in [5, 5.41) is 11.0. The molecule has 3 saturated carbocycles. The van der Waals surface area contributed by atoms with Gasteiger partial charge in [0.05, 0.1) is 5.60 Å². The zero-order valence-electron chi connectivity index (χ0n) is 14.6. The van der Waals surface area contributed by atoms with Crippen molar-refractivity contribution in [3.8, 4) is 0 Å². The molecule has 0 saturated heterocycles. The highest BCUT2D eigenvalue weighted by molar-refractivity contribution is 5.30. The molecule has 0 aromatic rings. The van der Waals surface area contributed by atoms with Crippen LogP contribution in [0.5, 0.6) is 0 Å². The number of hydrogen-bond acceptors (Lipinski definition) is 1. The third-order valence-electron chi connectivity index (χ3n) is 8.32. The van der Waals surface area contributed by atoms with Gasteiger partial charge in [0.15, 0.2) is 0 Å². The first-order valence-corrected chi connectivity index (χ1v) is 9.44. The van der Waals surface area contributed by atoms with Gasteiger partial charge in [-0.05, 0) is 86.9 Å². The van der Waals surface area contributed by atoms with Crippen LogP contribution in [0.25, 0.3) is 0 Å². The van der Waals surface area contributed by atoms with Crippen LogP contribution in [-0.4, -0.2) is 10.7 Å². The molecule has 1 nitrogen and oxygen atoms in total. The minimum absolute atomic E-state index is 0.155. The molecule has 22 heavy (non-hydrogen) atoms. The minimum atomic E-state index is -0.445. The van der Waals surface area contributed by atoms with Gasteiger partial charge in [-0.15, -0.1) is 0 Å². The van der Waals surface area contributed by atoms with E-state index in [0.717, 1.165) is 36.0 Å². The lowest BCUT2D eigenvalue weighted by molar-refractivity contribution is -0.116. The predicted molar refractivity (Wildman–Crippen MR) is 91.4 cm³/mol. The van der Waals surface area contributed by atoms with Gasteiger partial charge in [-0.3, -0.25) is 0 Å². The quantitative estimate of drug-likeness (QED) is 0.659. The van der Waals surface area contributed by atoms with Crippen LogP contribution in [0.3, 0.4) is 0 Å². The van der Waals surface area contributed by atoms with Gasteiger partial charge in [-0.2, -0.15) is 0 Å². The van der Waals surface area contributed by atoms with E-state index in [4.69, 9.17) is 0 Å². The Morgan fingerprint density at radius 2 is 1.95 bits per heavy atom. The first-order valence-electron chi connectivity index (χ1n) is 9.44. The molecule has 0 bridgehead atoms. The van der Waals surface area contributed by atoms with E-state index in [2.05, 4.69) is 33.4 Å². The van der Waals surface area contributed by atoms with Gasteiger partial charge >= 0.3 is 0 Å². The van der Waals surface area contributed by atoms with Crippen molar-refractivity contribution in [1.82, 2.24) is 0 Å². The number of hydrogen-bond donors (Lipinski definition) is 1. The topological polar surface area (TPSA) is 20.2 Å². The van der Waals surface area contributed by atoms with Crippen molar-refractivity contribution < 1.29 is 5.11 Å². The standard InChI is InChI=1S/C21H32O/c1-13-5-6-16-15(11-13)12-14(2)19-17(16)7-9-20(3)18(19)8-10-21(20,4)22/h11,14,16-19,22H,1,5-10,12H2,2-4H3/t14-,16+,17-,18+,19-,20+,21+/m1/s1. The molecule has 3 fully saturated rings. The average Bonchev–Trinajstić information content (AvgIpc) is 2.69. The van der Waals surface area contributed by atoms with Crippen molar-refractivity contribution >= 4 is 0 Å². The van der Waals surface area contributed by atoms with E-state index in [1.165, 1.54) is 44.1 Å². The highest BCUT2D eigenvalue weighted by atomic mass is 16.3. The Morgan fingerprint density at radius 3 is 2.73 bits per heavy atom. The predicted octanol–water partition coefficient (Wildman–Crippen LogP) is 5.11. The van der Waals surface area contributed by atoms with E-state index in [-0.39, 0.29) is 5.41 Å². The molecule has 0 unspecified atom stereocenters. The molecule has 0 radical (unpaired) electrons. The fourth-order valence-electron chi connectivity index (χ4n) is 6.93. The van der Waals surface area contributed by atoms with Crippen molar-refractivity contribution in [1.29, 1.82) is 0 Å². The second-order valence-electron chi connectivity index (χ2n) is 9.32. The molecule has 1 heteroatoms. The summed E-state index contributed by atoms with van der Waals surface area (Å²) >= 11 is 0. The van der Waals surface area contributed by atoms with E-state index in [9.17, 15) is 5.11 Å². The fraction of sp³-hybridized carbons (Fsp3) is 0.810. The monoisotopic (exact) mass is 300 g/mol. The summed E-state index contributed by atoms with van der Waals surface area (Å²) in [5.41, 5.74) is 2.76. The fourth-order valence-corrected chi connectivity index (χ4v) is 6.93.